The van der Waals surface area contributed by atoms with Gasteiger partial charge in [-0.3, -0.25) is 0 Å². The minimum Gasteiger partial charge on any atom is -0.508 e. The van der Waals surface area contributed by atoms with Gasteiger partial charge in [-0.1, -0.05) is 13.8 Å². The van der Waals surface area contributed by atoms with Crippen molar-refractivity contribution in [3.63, 3.8) is 0 Å². The molecule has 1 heterocycles. The van der Waals surface area contributed by atoms with Crippen molar-refractivity contribution in [3.05, 3.63) is 29.5 Å². The van der Waals surface area contributed by atoms with Crippen molar-refractivity contribution in [2.45, 2.75) is 26.7 Å². The largest absolute Gasteiger partial charge is 0.508 e. The van der Waals surface area contributed by atoms with Crippen LogP contribution in [0.2, 0.25) is 0 Å². The summed E-state index contributed by atoms with van der Waals surface area (Å²) in [5.74, 6) is 1.79. The van der Waals surface area contributed by atoms with Crippen LogP contribution in [0.5, 0.6) is 11.5 Å². The molecule has 0 unspecified atom stereocenters. The first kappa shape index (κ1) is 13.6. The molecule has 4 heteroatoms. The smallest absolute Gasteiger partial charge is 0.176 e. The molecule has 0 aromatic heterocycles. The van der Waals surface area contributed by atoms with Gasteiger partial charge in [0.25, 0.3) is 0 Å². The van der Waals surface area contributed by atoms with E-state index < -0.39 is 0 Å². The Labute approximate surface area is 113 Å². The second-order valence-electron chi connectivity index (χ2n) is 5.13. The van der Waals surface area contributed by atoms with Crippen LogP contribution < -0.4 is 4.74 Å². The monoisotopic (exact) mass is 264 g/mol. The zero-order valence-corrected chi connectivity index (χ0v) is 11.3. The summed E-state index contributed by atoms with van der Waals surface area (Å²) in [5, 5.41) is 19.6. The van der Waals surface area contributed by atoms with Gasteiger partial charge in [-0.2, -0.15) is 0 Å². The van der Waals surface area contributed by atoms with Gasteiger partial charge in [-0.15, -0.1) is 0 Å². The van der Waals surface area contributed by atoms with E-state index in [0.29, 0.717) is 29.6 Å². The molecule has 1 aromatic carbocycles. The van der Waals surface area contributed by atoms with Crippen molar-refractivity contribution in [1.29, 1.82) is 0 Å². The molecule has 0 spiro atoms. The Morgan fingerprint density at radius 3 is 2.84 bits per heavy atom. The summed E-state index contributed by atoms with van der Waals surface area (Å²) in [4.78, 5) is 0. The van der Waals surface area contributed by atoms with Gasteiger partial charge in [-0.05, 0) is 37.0 Å². The molecule has 0 fully saturated rings. The van der Waals surface area contributed by atoms with E-state index in [-0.39, 0.29) is 18.1 Å². The van der Waals surface area contributed by atoms with Gasteiger partial charge >= 0.3 is 0 Å². The standard InChI is InChI=1S/C15H20O4/c1-10(2)4-3-7-18-14-9-19-13-6-5-11(16)8-12(13)15(14)17/h5-6,8,10,16-17H,3-4,7,9H2,1-2H3. The van der Waals surface area contributed by atoms with E-state index in [9.17, 15) is 10.2 Å². The van der Waals surface area contributed by atoms with Crippen molar-refractivity contribution < 1.29 is 19.7 Å². The second-order valence-corrected chi connectivity index (χ2v) is 5.13. The number of aliphatic hydroxyl groups excluding tert-OH is 1. The van der Waals surface area contributed by atoms with Crippen LogP contribution in [0, 0.1) is 5.92 Å². The van der Waals surface area contributed by atoms with Crippen LogP contribution in [0.1, 0.15) is 32.3 Å². The van der Waals surface area contributed by atoms with Gasteiger partial charge in [-0.25, -0.2) is 0 Å². The molecule has 104 valence electrons. The molecule has 1 aromatic rings. The number of rotatable bonds is 5. The number of fused-ring (bicyclic) bond motifs is 1. The molecule has 0 atom stereocenters. The van der Waals surface area contributed by atoms with Gasteiger partial charge < -0.3 is 19.7 Å². The van der Waals surface area contributed by atoms with Crippen LogP contribution in [-0.4, -0.2) is 23.4 Å². The van der Waals surface area contributed by atoms with Gasteiger partial charge in [0, 0.05) is 0 Å². The number of benzene rings is 1. The first-order valence-corrected chi connectivity index (χ1v) is 6.59. The first-order chi connectivity index (χ1) is 9.08. The Morgan fingerprint density at radius 1 is 1.32 bits per heavy atom. The number of phenols is 1. The highest BCUT2D eigenvalue weighted by Crippen LogP contribution is 2.34. The Kier molecular flexibility index (Phi) is 4.20. The lowest BCUT2D eigenvalue weighted by molar-refractivity contribution is 0.152. The van der Waals surface area contributed by atoms with Crippen LogP contribution in [0.25, 0.3) is 5.76 Å². The maximum absolute atomic E-state index is 10.1. The first-order valence-electron chi connectivity index (χ1n) is 6.59. The minimum absolute atomic E-state index is 0.0571. The number of phenolic OH excluding ortho intramolecular Hbond substituents is 1. The van der Waals surface area contributed by atoms with E-state index in [2.05, 4.69) is 13.8 Å². The van der Waals surface area contributed by atoms with Crippen LogP contribution >= 0.6 is 0 Å². The summed E-state index contributed by atoms with van der Waals surface area (Å²) in [7, 11) is 0. The maximum Gasteiger partial charge on any atom is 0.176 e. The quantitative estimate of drug-likeness (QED) is 0.799. The lowest BCUT2D eigenvalue weighted by Crippen LogP contribution is -2.14. The number of aromatic hydroxyl groups is 1. The average molecular weight is 264 g/mol. The third-order valence-electron chi connectivity index (χ3n) is 3.04. The molecule has 0 aliphatic carbocycles. The lowest BCUT2D eigenvalue weighted by Gasteiger charge is -2.21. The number of aliphatic hydroxyl groups is 1. The van der Waals surface area contributed by atoms with E-state index in [1.165, 1.54) is 12.1 Å². The molecule has 0 saturated heterocycles. The van der Waals surface area contributed by atoms with Crippen LogP contribution in [0.3, 0.4) is 0 Å². The average Bonchev–Trinajstić information content (AvgIpc) is 2.37. The topological polar surface area (TPSA) is 58.9 Å². The van der Waals surface area contributed by atoms with Crippen molar-refractivity contribution >= 4 is 5.76 Å². The fourth-order valence-corrected chi connectivity index (χ4v) is 1.99. The molecule has 0 amide bonds. The number of hydrogen-bond donors (Lipinski definition) is 2. The predicted octanol–water partition coefficient (Wildman–Crippen LogP) is 3.46. The molecule has 1 aliphatic heterocycles. The third kappa shape index (κ3) is 3.34. The van der Waals surface area contributed by atoms with Crippen LogP contribution in [0.4, 0.5) is 0 Å². The summed E-state index contributed by atoms with van der Waals surface area (Å²) in [5.41, 5.74) is 0.477. The number of ether oxygens (including phenoxy) is 2. The fraction of sp³-hybridized carbons (Fsp3) is 0.467. The highest BCUT2D eigenvalue weighted by Gasteiger charge is 2.21. The van der Waals surface area contributed by atoms with Gasteiger partial charge in [0.15, 0.2) is 11.5 Å². The Hall–Kier alpha value is -1.84. The van der Waals surface area contributed by atoms with E-state index in [1.807, 2.05) is 0 Å². The summed E-state index contributed by atoms with van der Waals surface area (Å²) in [6, 6.07) is 4.64. The predicted molar refractivity (Wildman–Crippen MR) is 73.2 cm³/mol. The molecule has 2 rings (SSSR count). The molecule has 2 N–H and O–H groups in total. The third-order valence-corrected chi connectivity index (χ3v) is 3.04. The van der Waals surface area contributed by atoms with E-state index in [0.717, 1.165) is 12.8 Å². The molecule has 1 aliphatic rings. The summed E-state index contributed by atoms with van der Waals surface area (Å²) in [6.45, 7) is 5.12. The molecule has 19 heavy (non-hydrogen) atoms. The van der Waals surface area contributed by atoms with E-state index >= 15 is 0 Å². The van der Waals surface area contributed by atoms with Crippen molar-refractivity contribution in [3.8, 4) is 11.5 Å². The Morgan fingerprint density at radius 2 is 2.11 bits per heavy atom. The zero-order valence-electron chi connectivity index (χ0n) is 11.3. The summed E-state index contributed by atoms with van der Waals surface area (Å²) >= 11 is 0. The molecule has 4 nitrogen and oxygen atoms in total. The molecule has 0 bridgehead atoms. The Bertz CT molecular complexity index is 477. The highest BCUT2D eigenvalue weighted by molar-refractivity contribution is 5.69. The fourth-order valence-electron chi connectivity index (χ4n) is 1.99. The normalized spacial score (nSPS) is 14.3. The zero-order chi connectivity index (χ0) is 13.8. The summed E-state index contributed by atoms with van der Waals surface area (Å²) in [6.07, 6.45) is 2.04. The molecular weight excluding hydrogens is 244 g/mol. The van der Waals surface area contributed by atoms with Gasteiger partial charge in [0.1, 0.15) is 18.1 Å². The highest BCUT2D eigenvalue weighted by atomic mass is 16.5. The summed E-state index contributed by atoms with van der Waals surface area (Å²) < 4.78 is 11.1. The van der Waals surface area contributed by atoms with Gasteiger partial charge in [0.2, 0.25) is 0 Å². The lowest BCUT2D eigenvalue weighted by atomic mass is 10.1. The van der Waals surface area contributed by atoms with Crippen molar-refractivity contribution in [2.75, 3.05) is 13.2 Å². The van der Waals surface area contributed by atoms with Crippen LogP contribution in [-0.2, 0) is 4.74 Å². The molecular formula is C15H20O4. The number of hydrogen-bond acceptors (Lipinski definition) is 4. The van der Waals surface area contributed by atoms with Crippen LogP contribution in [0.15, 0.2) is 24.0 Å². The van der Waals surface area contributed by atoms with Crippen molar-refractivity contribution in [1.82, 2.24) is 0 Å². The molecule has 0 radical (unpaired) electrons. The van der Waals surface area contributed by atoms with Gasteiger partial charge in [0.05, 0.1) is 12.2 Å². The molecule has 0 saturated carbocycles. The van der Waals surface area contributed by atoms with E-state index in [4.69, 9.17) is 9.47 Å². The second kappa shape index (κ2) is 5.87. The van der Waals surface area contributed by atoms with Crippen molar-refractivity contribution in [2.24, 2.45) is 5.92 Å². The SMILES string of the molecule is CC(C)CCCOC1=C(O)c2cc(O)ccc2OC1. The van der Waals surface area contributed by atoms with E-state index in [1.54, 1.807) is 6.07 Å². The Balaban J connectivity index is 2.03. The minimum atomic E-state index is 0.0571. The maximum atomic E-state index is 10.1.